The Bertz CT molecular complexity index is 815. The number of halogens is 2. The van der Waals surface area contributed by atoms with E-state index in [1.54, 1.807) is 35.5 Å². The molecule has 0 saturated carbocycles. The monoisotopic (exact) mass is 354 g/mol. The Morgan fingerprint density at radius 3 is 2.76 bits per heavy atom. The van der Waals surface area contributed by atoms with Crippen LogP contribution in [0.15, 0.2) is 29.6 Å². The third-order valence-corrected chi connectivity index (χ3v) is 6.05. The number of hydrogen-bond donors (Lipinski definition) is 0. The molecule has 3 rings (SSSR count). The number of thiophene rings is 1. The summed E-state index contributed by atoms with van der Waals surface area (Å²) in [7, 11) is 0. The third kappa shape index (κ3) is 3.04. The summed E-state index contributed by atoms with van der Waals surface area (Å²) in [4.78, 5) is 11.1. The quantitative estimate of drug-likeness (QED) is 0.432. The average molecular weight is 355 g/mol. The van der Waals surface area contributed by atoms with Gasteiger partial charge >= 0.3 is 0 Å². The minimum Gasteiger partial charge on any atom is -0.229 e. The predicted molar refractivity (Wildman–Crippen MR) is 92.9 cm³/mol. The Kier molecular flexibility index (Phi) is 4.41. The first kappa shape index (κ1) is 15.1. The van der Waals surface area contributed by atoms with Crippen LogP contribution in [-0.4, -0.2) is 9.97 Å². The lowest BCUT2D eigenvalue weighted by Gasteiger charge is -2.06. The number of rotatable bonds is 3. The molecule has 2 aromatic heterocycles. The maximum Gasteiger partial charge on any atom is 0.128 e. The Hall–Kier alpha value is -0.810. The second-order valence-corrected chi connectivity index (χ2v) is 7.68. The zero-order valence-electron chi connectivity index (χ0n) is 11.5. The molecule has 0 amide bonds. The molecular weight excluding hydrogens is 343 g/mol. The van der Waals surface area contributed by atoms with Gasteiger partial charge in [-0.05, 0) is 37.1 Å². The summed E-state index contributed by atoms with van der Waals surface area (Å²) in [5.74, 6) is 0.760. The lowest BCUT2D eigenvalue weighted by molar-refractivity contribution is 1.10. The molecule has 0 aliphatic heterocycles. The van der Waals surface area contributed by atoms with Crippen LogP contribution in [0.2, 0.25) is 10.0 Å². The van der Waals surface area contributed by atoms with E-state index in [0.717, 1.165) is 26.6 Å². The molecule has 0 atom stereocenters. The minimum absolute atomic E-state index is 0.655. The molecule has 6 heteroatoms. The van der Waals surface area contributed by atoms with Crippen LogP contribution in [-0.2, 0) is 5.75 Å². The van der Waals surface area contributed by atoms with Crippen LogP contribution in [0.5, 0.6) is 0 Å². The SMILES string of the molecule is Cc1sc2ncnc(SCc3ccc(Cl)cc3Cl)c2c1C. The molecule has 0 N–H and O–H groups in total. The lowest BCUT2D eigenvalue weighted by atomic mass is 10.2. The summed E-state index contributed by atoms with van der Waals surface area (Å²) in [6.07, 6.45) is 1.63. The fourth-order valence-electron chi connectivity index (χ4n) is 2.04. The zero-order chi connectivity index (χ0) is 15.0. The van der Waals surface area contributed by atoms with Crippen LogP contribution < -0.4 is 0 Å². The first-order chi connectivity index (χ1) is 10.1. The van der Waals surface area contributed by atoms with Crippen LogP contribution in [0.3, 0.4) is 0 Å². The van der Waals surface area contributed by atoms with Crippen molar-refractivity contribution in [1.82, 2.24) is 9.97 Å². The van der Waals surface area contributed by atoms with E-state index in [9.17, 15) is 0 Å². The first-order valence-corrected chi connectivity index (χ1v) is 8.89. The van der Waals surface area contributed by atoms with Gasteiger partial charge in [-0.1, -0.05) is 29.3 Å². The summed E-state index contributed by atoms with van der Waals surface area (Å²) < 4.78 is 0. The highest BCUT2D eigenvalue weighted by molar-refractivity contribution is 7.98. The molecule has 2 nitrogen and oxygen atoms in total. The fraction of sp³-hybridized carbons (Fsp3) is 0.200. The van der Waals surface area contributed by atoms with Crippen molar-refractivity contribution >= 4 is 56.5 Å². The summed E-state index contributed by atoms with van der Waals surface area (Å²) in [6, 6.07) is 5.59. The molecule has 0 fully saturated rings. The summed E-state index contributed by atoms with van der Waals surface area (Å²) >= 11 is 15.5. The largest absolute Gasteiger partial charge is 0.229 e. The van der Waals surface area contributed by atoms with E-state index in [2.05, 4.69) is 23.8 Å². The van der Waals surface area contributed by atoms with Crippen molar-refractivity contribution in [3.8, 4) is 0 Å². The van der Waals surface area contributed by atoms with Crippen LogP contribution in [0.1, 0.15) is 16.0 Å². The van der Waals surface area contributed by atoms with E-state index in [1.807, 2.05) is 12.1 Å². The lowest BCUT2D eigenvalue weighted by Crippen LogP contribution is -1.88. The van der Waals surface area contributed by atoms with E-state index in [-0.39, 0.29) is 0 Å². The second kappa shape index (κ2) is 6.13. The standard InChI is InChI=1S/C15H12Cl2N2S2/c1-8-9(2)21-15-13(8)14(18-7-19-15)20-6-10-3-4-11(16)5-12(10)17/h3-5,7H,6H2,1-2H3. The van der Waals surface area contributed by atoms with Crippen LogP contribution in [0, 0.1) is 13.8 Å². The molecular formula is C15H12Cl2N2S2. The number of aromatic nitrogens is 2. The van der Waals surface area contributed by atoms with Crippen molar-refractivity contribution in [3.63, 3.8) is 0 Å². The van der Waals surface area contributed by atoms with Crippen molar-refractivity contribution in [2.24, 2.45) is 0 Å². The van der Waals surface area contributed by atoms with E-state index in [0.29, 0.717) is 10.0 Å². The molecule has 0 unspecified atom stereocenters. The van der Waals surface area contributed by atoms with Crippen LogP contribution in [0.4, 0.5) is 0 Å². The average Bonchev–Trinajstić information content (AvgIpc) is 2.74. The first-order valence-electron chi connectivity index (χ1n) is 6.33. The maximum absolute atomic E-state index is 6.22. The Labute approximate surface area is 141 Å². The normalized spacial score (nSPS) is 11.2. The number of aryl methyl sites for hydroxylation is 2. The van der Waals surface area contributed by atoms with Gasteiger partial charge < -0.3 is 0 Å². The van der Waals surface area contributed by atoms with Crippen LogP contribution >= 0.6 is 46.3 Å². The van der Waals surface area contributed by atoms with E-state index in [1.165, 1.54) is 10.4 Å². The smallest absolute Gasteiger partial charge is 0.128 e. The van der Waals surface area contributed by atoms with Crippen LogP contribution in [0.25, 0.3) is 10.2 Å². The predicted octanol–water partition coefficient (Wildman–Crippen LogP) is 5.91. The molecule has 0 bridgehead atoms. The van der Waals surface area contributed by atoms with E-state index in [4.69, 9.17) is 23.2 Å². The van der Waals surface area contributed by atoms with Gasteiger partial charge in [0.1, 0.15) is 16.2 Å². The van der Waals surface area contributed by atoms with Gasteiger partial charge in [0.05, 0.1) is 0 Å². The van der Waals surface area contributed by atoms with Crippen molar-refractivity contribution < 1.29 is 0 Å². The summed E-state index contributed by atoms with van der Waals surface area (Å²) in [6.45, 7) is 4.24. The van der Waals surface area contributed by atoms with E-state index < -0.39 is 0 Å². The Morgan fingerprint density at radius 2 is 2.00 bits per heavy atom. The number of fused-ring (bicyclic) bond motifs is 1. The van der Waals surface area contributed by atoms with Gasteiger partial charge in [0, 0.05) is 26.1 Å². The molecule has 21 heavy (non-hydrogen) atoms. The van der Waals surface area contributed by atoms with Gasteiger partial charge in [-0.15, -0.1) is 23.1 Å². The highest BCUT2D eigenvalue weighted by Crippen LogP contribution is 2.36. The highest BCUT2D eigenvalue weighted by Gasteiger charge is 2.13. The molecule has 0 aliphatic carbocycles. The van der Waals surface area contributed by atoms with Gasteiger partial charge in [-0.25, -0.2) is 9.97 Å². The second-order valence-electron chi connectivity index (χ2n) is 4.67. The van der Waals surface area contributed by atoms with Gasteiger partial charge in [-0.2, -0.15) is 0 Å². The zero-order valence-corrected chi connectivity index (χ0v) is 14.6. The molecule has 0 radical (unpaired) electrons. The summed E-state index contributed by atoms with van der Waals surface area (Å²) in [5.41, 5.74) is 2.32. The molecule has 0 spiro atoms. The number of thioether (sulfide) groups is 1. The number of hydrogen-bond acceptors (Lipinski definition) is 4. The van der Waals surface area contributed by atoms with Gasteiger partial charge in [0.15, 0.2) is 0 Å². The minimum atomic E-state index is 0.655. The topological polar surface area (TPSA) is 25.8 Å². The molecule has 2 heterocycles. The molecule has 0 aliphatic rings. The van der Waals surface area contributed by atoms with Gasteiger partial charge in [-0.3, -0.25) is 0 Å². The van der Waals surface area contributed by atoms with Gasteiger partial charge in [0.2, 0.25) is 0 Å². The van der Waals surface area contributed by atoms with Crippen molar-refractivity contribution in [3.05, 3.63) is 50.6 Å². The Morgan fingerprint density at radius 1 is 1.19 bits per heavy atom. The summed E-state index contributed by atoms with van der Waals surface area (Å²) in [5, 5.41) is 3.52. The molecule has 0 saturated heterocycles. The molecule has 3 aromatic rings. The van der Waals surface area contributed by atoms with Crippen molar-refractivity contribution in [1.29, 1.82) is 0 Å². The molecule has 1 aromatic carbocycles. The Balaban J connectivity index is 1.92. The molecule has 108 valence electrons. The van der Waals surface area contributed by atoms with Crippen molar-refractivity contribution in [2.75, 3.05) is 0 Å². The number of benzene rings is 1. The van der Waals surface area contributed by atoms with Crippen molar-refractivity contribution in [2.45, 2.75) is 24.6 Å². The number of nitrogens with zero attached hydrogens (tertiary/aromatic N) is 2. The fourth-order valence-corrected chi connectivity index (χ4v) is 4.72. The third-order valence-electron chi connectivity index (χ3n) is 3.31. The highest BCUT2D eigenvalue weighted by atomic mass is 35.5. The van der Waals surface area contributed by atoms with E-state index >= 15 is 0 Å². The van der Waals surface area contributed by atoms with Gasteiger partial charge in [0.25, 0.3) is 0 Å². The maximum atomic E-state index is 6.22.